The van der Waals surface area contributed by atoms with E-state index in [0.717, 1.165) is 18.2 Å². The smallest absolute Gasteiger partial charge is 0.257 e. The number of halogens is 1. The summed E-state index contributed by atoms with van der Waals surface area (Å²) in [5.41, 5.74) is 7.67. The van der Waals surface area contributed by atoms with Crippen LogP contribution in [0.1, 0.15) is 35.8 Å². The number of nitrogens with zero attached hydrogens (tertiary/aromatic N) is 6. The Kier molecular flexibility index (Phi) is 5.27. The normalized spacial score (nSPS) is 13.5. The Morgan fingerprint density at radius 2 is 2.09 bits per heavy atom. The molecule has 0 atom stereocenters. The van der Waals surface area contributed by atoms with Crippen LogP contribution in [0, 0.1) is 11.7 Å². The molecule has 9 nitrogen and oxygen atoms in total. The summed E-state index contributed by atoms with van der Waals surface area (Å²) >= 11 is 0. The molecule has 4 aromatic rings. The van der Waals surface area contributed by atoms with Crippen molar-refractivity contribution in [1.82, 2.24) is 29.9 Å². The van der Waals surface area contributed by atoms with E-state index in [-0.39, 0.29) is 17.9 Å². The van der Waals surface area contributed by atoms with Gasteiger partial charge in [0.25, 0.3) is 5.91 Å². The molecule has 2 N–H and O–H groups in total. The van der Waals surface area contributed by atoms with Crippen LogP contribution in [0.5, 0.6) is 5.88 Å². The van der Waals surface area contributed by atoms with E-state index in [1.54, 1.807) is 41.0 Å². The number of hydrogen-bond donors (Lipinski definition) is 1. The van der Waals surface area contributed by atoms with Crippen molar-refractivity contribution < 1.29 is 13.9 Å². The molecule has 170 valence electrons. The average Bonchev–Trinajstić information content (AvgIpc) is 3.53. The maximum atomic E-state index is 15.1. The predicted molar refractivity (Wildman–Crippen MR) is 121 cm³/mol. The molecule has 1 saturated carbocycles. The van der Waals surface area contributed by atoms with Gasteiger partial charge in [0, 0.05) is 36.5 Å². The molecule has 3 heterocycles. The Hall–Kier alpha value is -3.82. The SMILES string of the molecule is CCOc1ccc(CN(CC2CC2)C(=O)c2cc3c(cc2F)nc(N)c2c3cnn2C)nn1. The number of pyridine rings is 1. The molecule has 1 aromatic carbocycles. The van der Waals surface area contributed by atoms with Gasteiger partial charge in [-0.05, 0) is 37.8 Å². The Morgan fingerprint density at radius 3 is 2.79 bits per heavy atom. The van der Waals surface area contributed by atoms with Crippen LogP contribution >= 0.6 is 0 Å². The van der Waals surface area contributed by atoms with Gasteiger partial charge in [0.1, 0.15) is 17.2 Å². The minimum Gasteiger partial charge on any atom is -0.477 e. The summed E-state index contributed by atoms with van der Waals surface area (Å²) < 4.78 is 22.1. The van der Waals surface area contributed by atoms with Crippen molar-refractivity contribution >= 4 is 33.5 Å². The summed E-state index contributed by atoms with van der Waals surface area (Å²) in [6.45, 7) is 3.13. The fourth-order valence-corrected chi connectivity index (χ4v) is 4.01. The molecule has 0 unspecified atom stereocenters. The maximum absolute atomic E-state index is 15.1. The molecular weight excluding hydrogens is 425 g/mol. The van der Waals surface area contributed by atoms with Gasteiger partial charge in [0.2, 0.25) is 5.88 Å². The lowest BCUT2D eigenvalue weighted by Gasteiger charge is -2.23. The predicted octanol–water partition coefficient (Wildman–Crippen LogP) is 3.08. The van der Waals surface area contributed by atoms with Crippen molar-refractivity contribution in [3.8, 4) is 5.88 Å². The molecular formula is C23H24FN7O2. The lowest BCUT2D eigenvalue weighted by molar-refractivity contribution is 0.0727. The zero-order chi connectivity index (χ0) is 23.1. The summed E-state index contributed by atoms with van der Waals surface area (Å²) in [4.78, 5) is 19.5. The number of aromatic nitrogens is 5. The van der Waals surface area contributed by atoms with E-state index in [2.05, 4.69) is 20.3 Å². The first-order valence-corrected chi connectivity index (χ1v) is 10.9. The van der Waals surface area contributed by atoms with Gasteiger partial charge in [0.05, 0.1) is 36.1 Å². The van der Waals surface area contributed by atoms with Crippen LogP contribution in [0.15, 0.2) is 30.5 Å². The number of hydrogen-bond acceptors (Lipinski definition) is 7. The third-order valence-electron chi connectivity index (χ3n) is 5.83. The minimum atomic E-state index is -0.638. The second kappa shape index (κ2) is 8.27. The molecule has 0 spiro atoms. The molecule has 10 heteroatoms. The van der Waals surface area contributed by atoms with E-state index in [9.17, 15) is 4.79 Å². The fraction of sp³-hybridized carbons (Fsp3) is 0.348. The van der Waals surface area contributed by atoms with Gasteiger partial charge in [-0.2, -0.15) is 10.2 Å². The third-order valence-corrected chi connectivity index (χ3v) is 5.83. The van der Waals surface area contributed by atoms with Crippen LogP contribution in [0.3, 0.4) is 0 Å². The Labute approximate surface area is 189 Å². The highest BCUT2D eigenvalue weighted by Gasteiger charge is 2.29. The van der Waals surface area contributed by atoms with Crippen molar-refractivity contribution in [2.75, 3.05) is 18.9 Å². The molecule has 3 aromatic heterocycles. The maximum Gasteiger partial charge on any atom is 0.257 e. The van der Waals surface area contributed by atoms with Gasteiger partial charge < -0.3 is 15.4 Å². The van der Waals surface area contributed by atoms with Gasteiger partial charge in [-0.3, -0.25) is 9.48 Å². The number of nitrogens with two attached hydrogens (primary N) is 1. The number of fused-ring (bicyclic) bond motifs is 3. The van der Waals surface area contributed by atoms with E-state index >= 15 is 4.39 Å². The van der Waals surface area contributed by atoms with Crippen LogP contribution in [0.4, 0.5) is 10.2 Å². The highest BCUT2D eigenvalue weighted by atomic mass is 19.1. The summed E-state index contributed by atoms with van der Waals surface area (Å²) in [7, 11) is 1.76. The van der Waals surface area contributed by atoms with Crippen LogP contribution in [-0.2, 0) is 13.6 Å². The average molecular weight is 449 g/mol. The lowest BCUT2D eigenvalue weighted by Crippen LogP contribution is -2.33. The van der Waals surface area contributed by atoms with Crippen molar-refractivity contribution in [2.45, 2.75) is 26.3 Å². The van der Waals surface area contributed by atoms with Crippen LogP contribution < -0.4 is 10.5 Å². The third kappa shape index (κ3) is 4.04. The second-order valence-electron chi connectivity index (χ2n) is 8.30. The number of anilines is 1. The number of ether oxygens (including phenoxy) is 1. The van der Waals surface area contributed by atoms with Gasteiger partial charge in [-0.1, -0.05) is 0 Å². The molecule has 1 aliphatic rings. The number of carbonyl (C=O) groups excluding carboxylic acids is 1. The fourth-order valence-electron chi connectivity index (χ4n) is 4.01. The first kappa shape index (κ1) is 21.0. The first-order chi connectivity index (χ1) is 15.9. The number of benzene rings is 1. The van der Waals surface area contributed by atoms with Gasteiger partial charge in [-0.15, -0.1) is 5.10 Å². The van der Waals surface area contributed by atoms with Crippen molar-refractivity contribution in [1.29, 1.82) is 0 Å². The number of carbonyl (C=O) groups is 1. The van der Waals surface area contributed by atoms with Crippen LogP contribution in [0.2, 0.25) is 0 Å². The minimum absolute atomic E-state index is 0.0150. The molecule has 1 fully saturated rings. The Morgan fingerprint density at radius 1 is 1.27 bits per heavy atom. The molecule has 0 saturated heterocycles. The van der Waals surface area contributed by atoms with Gasteiger partial charge in [0.15, 0.2) is 0 Å². The zero-order valence-corrected chi connectivity index (χ0v) is 18.5. The van der Waals surface area contributed by atoms with Gasteiger partial charge in [-0.25, -0.2) is 9.37 Å². The second-order valence-corrected chi connectivity index (χ2v) is 8.30. The Balaban J connectivity index is 1.51. The largest absolute Gasteiger partial charge is 0.477 e. The molecule has 0 bridgehead atoms. The zero-order valence-electron chi connectivity index (χ0n) is 18.5. The summed E-state index contributed by atoms with van der Waals surface area (Å²) in [5, 5.41) is 13.8. The van der Waals surface area contributed by atoms with E-state index in [4.69, 9.17) is 10.5 Å². The monoisotopic (exact) mass is 449 g/mol. The summed E-state index contributed by atoms with van der Waals surface area (Å²) in [6.07, 6.45) is 3.76. The standard InChI is InChI=1S/C23H24FN7O2/c1-3-33-20-7-6-14(28-29-20)12-31(11-13-4-5-13)23(32)16-8-15-17-10-26-30(2)21(17)22(25)27-19(15)9-18(16)24/h6-10,13H,3-5,11-12H2,1-2H3,(H2,25,27). The highest BCUT2D eigenvalue weighted by molar-refractivity contribution is 6.10. The van der Waals surface area contributed by atoms with E-state index in [0.29, 0.717) is 47.1 Å². The van der Waals surface area contributed by atoms with Crippen molar-refractivity contribution in [3.63, 3.8) is 0 Å². The first-order valence-electron chi connectivity index (χ1n) is 10.9. The van der Waals surface area contributed by atoms with E-state index in [1.165, 1.54) is 6.07 Å². The van der Waals surface area contributed by atoms with Crippen LogP contribution in [-0.4, -0.2) is 48.9 Å². The number of amides is 1. The molecule has 1 aliphatic carbocycles. The van der Waals surface area contributed by atoms with Gasteiger partial charge >= 0.3 is 0 Å². The highest BCUT2D eigenvalue weighted by Crippen LogP contribution is 2.32. The Bertz CT molecular complexity index is 1350. The number of rotatable bonds is 7. The summed E-state index contributed by atoms with van der Waals surface area (Å²) in [5.74, 6) is 0.0706. The summed E-state index contributed by atoms with van der Waals surface area (Å²) in [6, 6.07) is 6.30. The lowest BCUT2D eigenvalue weighted by atomic mass is 10.1. The quantitative estimate of drug-likeness (QED) is 0.461. The molecule has 1 amide bonds. The topological polar surface area (TPSA) is 112 Å². The molecule has 0 radical (unpaired) electrons. The van der Waals surface area contributed by atoms with E-state index < -0.39 is 11.7 Å². The van der Waals surface area contributed by atoms with Crippen molar-refractivity contribution in [2.24, 2.45) is 13.0 Å². The molecule has 33 heavy (non-hydrogen) atoms. The van der Waals surface area contributed by atoms with Crippen LogP contribution in [0.25, 0.3) is 21.8 Å². The molecule has 0 aliphatic heterocycles. The van der Waals surface area contributed by atoms with Crippen molar-refractivity contribution in [3.05, 3.63) is 47.5 Å². The molecule has 5 rings (SSSR count). The van der Waals surface area contributed by atoms with E-state index in [1.807, 2.05) is 6.92 Å². The number of aryl methyl sites for hydroxylation is 1. The number of nitrogen functional groups attached to an aromatic ring is 1.